The first-order valence-corrected chi connectivity index (χ1v) is 6.48. The normalized spacial score (nSPS) is 12.9. The fourth-order valence-corrected chi connectivity index (χ4v) is 1.71. The number of ether oxygens (including phenoxy) is 1. The Labute approximate surface area is 118 Å². The Morgan fingerprint density at radius 3 is 2.42 bits per heavy atom. The van der Waals surface area contributed by atoms with E-state index < -0.39 is 5.60 Å². The Hall–Kier alpha value is -1.26. The minimum atomic E-state index is -1.01. The molecule has 0 heterocycles. The minimum absolute atomic E-state index is 0.0841. The van der Waals surface area contributed by atoms with Gasteiger partial charge in [0, 0.05) is 12.1 Å². The molecule has 106 valence electrons. The molecule has 0 aliphatic heterocycles. The number of carbonyl (C=O) groups is 1. The van der Waals surface area contributed by atoms with Gasteiger partial charge in [-0.05, 0) is 45.0 Å². The average molecular weight is 286 g/mol. The maximum atomic E-state index is 12.3. The third kappa shape index (κ3) is 4.11. The third-order valence-corrected chi connectivity index (χ3v) is 3.20. The van der Waals surface area contributed by atoms with Crippen molar-refractivity contribution in [2.45, 2.75) is 32.4 Å². The van der Waals surface area contributed by atoms with E-state index in [1.54, 1.807) is 52.1 Å². The standard InChI is InChI=1S/C14H20ClNO3/c1-10(9-17)16(4)13(18)14(2,3)19-12-7-5-11(15)6-8-12/h5-8,10,17H,9H2,1-4H3. The highest BCUT2D eigenvalue weighted by atomic mass is 35.5. The molecule has 1 rings (SSSR count). The summed E-state index contributed by atoms with van der Waals surface area (Å²) in [6.07, 6.45) is 0. The Bertz CT molecular complexity index is 431. The minimum Gasteiger partial charge on any atom is -0.478 e. The third-order valence-electron chi connectivity index (χ3n) is 2.95. The smallest absolute Gasteiger partial charge is 0.266 e. The summed E-state index contributed by atoms with van der Waals surface area (Å²) in [5, 5.41) is 9.70. The zero-order valence-corrected chi connectivity index (χ0v) is 12.4. The second-order valence-electron chi connectivity index (χ2n) is 5.01. The second kappa shape index (κ2) is 6.26. The largest absolute Gasteiger partial charge is 0.478 e. The summed E-state index contributed by atoms with van der Waals surface area (Å²) in [7, 11) is 1.65. The van der Waals surface area contributed by atoms with Gasteiger partial charge in [0.1, 0.15) is 5.75 Å². The van der Waals surface area contributed by atoms with E-state index >= 15 is 0 Å². The van der Waals surface area contributed by atoms with Gasteiger partial charge in [0.05, 0.1) is 12.6 Å². The van der Waals surface area contributed by atoms with Gasteiger partial charge in [-0.3, -0.25) is 4.79 Å². The number of benzene rings is 1. The average Bonchev–Trinajstić information content (AvgIpc) is 2.38. The molecule has 1 atom stereocenters. The van der Waals surface area contributed by atoms with Crippen LogP contribution in [0.2, 0.25) is 5.02 Å². The molecule has 1 amide bonds. The molecule has 0 aliphatic carbocycles. The van der Waals surface area contributed by atoms with Gasteiger partial charge in [0.2, 0.25) is 0 Å². The van der Waals surface area contributed by atoms with Crippen LogP contribution in [0.25, 0.3) is 0 Å². The zero-order valence-electron chi connectivity index (χ0n) is 11.7. The molecule has 0 saturated heterocycles. The number of carbonyl (C=O) groups excluding carboxylic acids is 1. The van der Waals surface area contributed by atoms with Crippen molar-refractivity contribution in [1.29, 1.82) is 0 Å². The van der Waals surface area contributed by atoms with Crippen molar-refractivity contribution in [3.8, 4) is 5.75 Å². The highest BCUT2D eigenvalue weighted by molar-refractivity contribution is 6.30. The summed E-state index contributed by atoms with van der Waals surface area (Å²) in [6, 6.07) is 6.59. The lowest BCUT2D eigenvalue weighted by atomic mass is 10.1. The van der Waals surface area contributed by atoms with Crippen LogP contribution in [0.3, 0.4) is 0 Å². The lowest BCUT2D eigenvalue weighted by molar-refractivity contribution is -0.146. The maximum Gasteiger partial charge on any atom is 0.266 e. The van der Waals surface area contributed by atoms with E-state index in [1.165, 1.54) is 4.90 Å². The predicted molar refractivity (Wildman–Crippen MR) is 75.5 cm³/mol. The van der Waals surface area contributed by atoms with Gasteiger partial charge in [0.15, 0.2) is 5.60 Å². The van der Waals surface area contributed by atoms with Crippen molar-refractivity contribution >= 4 is 17.5 Å². The molecule has 0 saturated carbocycles. The molecule has 1 aromatic rings. The van der Waals surface area contributed by atoms with Gasteiger partial charge >= 0.3 is 0 Å². The summed E-state index contributed by atoms with van der Waals surface area (Å²) in [6.45, 7) is 5.09. The van der Waals surface area contributed by atoms with Crippen molar-refractivity contribution in [1.82, 2.24) is 4.90 Å². The first kappa shape index (κ1) is 15.8. The van der Waals surface area contributed by atoms with E-state index in [-0.39, 0.29) is 18.6 Å². The van der Waals surface area contributed by atoms with E-state index in [4.69, 9.17) is 21.4 Å². The summed E-state index contributed by atoms with van der Waals surface area (Å²) in [5.41, 5.74) is -1.01. The number of aliphatic hydroxyl groups excluding tert-OH is 1. The second-order valence-corrected chi connectivity index (χ2v) is 5.45. The van der Waals surface area contributed by atoms with Gasteiger partial charge in [-0.1, -0.05) is 11.6 Å². The van der Waals surface area contributed by atoms with E-state index in [0.29, 0.717) is 10.8 Å². The van der Waals surface area contributed by atoms with Crippen molar-refractivity contribution < 1.29 is 14.6 Å². The number of hydrogen-bond acceptors (Lipinski definition) is 3. The van der Waals surface area contributed by atoms with E-state index in [2.05, 4.69) is 0 Å². The molecule has 0 fully saturated rings. The molecular formula is C14H20ClNO3. The lowest BCUT2D eigenvalue weighted by Crippen LogP contribution is -2.51. The number of likely N-dealkylation sites (N-methyl/N-ethyl adjacent to an activating group) is 1. The molecule has 0 spiro atoms. The number of hydrogen-bond donors (Lipinski definition) is 1. The van der Waals surface area contributed by atoms with Gasteiger partial charge in [-0.2, -0.15) is 0 Å². The SMILES string of the molecule is CC(CO)N(C)C(=O)C(C)(C)Oc1ccc(Cl)cc1. The number of nitrogens with zero attached hydrogens (tertiary/aromatic N) is 1. The molecule has 19 heavy (non-hydrogen) atoms. The highest BCUT2D eigenvalue weighted by Gasteiger charge is 2.34. The Kier molecular flexibility index (Phi) is 5.20. The topological polar surface area (TPSA) is 49.8 Å². The Balaban J connectivity index is 2.80. The van der Waals surface area contributed by atoms with Gasteiger partial charge in [-0.25, -0.2) is 0 Å². The molecule has 0 bridgehead atoms. The predicted octanol–water partition coefficient (Wildman–Crippen LogP) is 2.34. The Morgan fingerprint density at radius 1 is 1.42 bits per heavy atom. The molecule has 1 unspecified atom stereocenters. The van der Waals surface area contributed by atoms with Crippen LogP contribution in [0, 0.1) is 0 Å². The molecule has 0 radical (unpaired) electrons. The Morgan fingerprint density at radius 2 is 1.95 bits per heavy atom. The lowest BCUT2D eigenvalue weighted by Gasteiger charge is -2.32. The van der Waals surface area contributed by atoms with E-state index in [9.17, 15) is 4.79 Å². The van der Waals surface area contributed by atoms with Gasteiger partial charge < -0.3 is 14.7 Å². The first-order valence-electron chi connectivity index (χ1n) is 6.10. The highest BCUT2D eigenvalue weighted by Crippen LogP contribution is 2.22. The molecular weight excluding hydrogens is 266 g/mol. The summed E-state index contributed by atoms with van der Waals surface area (Å²) in [5.74, 6) is 0.386. The van der Waals surface area contributed by atoms with Crippen LogP contribution in [0.1, 0.15) is 20.8 Å². The van der Waals surface area contributed by atoms with E-state index in [0.717, 1.165) is 0 Å². The van der Waals surface area contributed by atoms with E-state index in [1.807, 2.05) is 0 Å². The summed E-state index contributed by atoms with van der Waals surface area (Å²) >= 11 is 5.80. The van der Waals surface area contributed by atoms with Gasteiger partial charge in [0.25, 0.3) is 5.91 Å². The van der Waals surface area contributed by atoms with Crippen LogP contribution in [0.4, 0.5) is 0 Å². The molecule has 1 aromatic carbocycles. The van der Waals surface area contributed by atoms with Crippen LogP contribution in [0.5, 0.6) is 5.75 Å². The molecule has 0 aromatic heterocycles. The molecule has 5 heteroatoms. The molecule has 4 nitrogen and oxygen atoms in total. The van der Waals surface area contributed by atoms with Crippen LogP contribution in [0.15, 0.2) is 24.3 Å². The fourth-order valence-electron chi connectivity index (χ4n) is 1.59. The van der Waals surface area contributed by atoms with Crippen molar-refractivity contribution in [2.75, 3.05) is 13.7 Å². The fraction of sp³-hybridized carbons (Fsp3) is 0.500. The van der Waals surface area contributed by atoms with Crippen LogP contribution in [-0.4, -0.2) is 41.2 Å². The first-order chi connectivity index (χ1) is 8.77. The van der Waals surface area contributed by atoms with Gasteiger partial charge in [-0.15, -0.1) is 0 Å². The van der Waals surface area contributed by atoms with Crippen LogP contribution >= 0.6 is 11.6 Å². The number of halogens is 1. The molecule has 1 N–H and O–H groups in total. The number of rotatable bonds is 5. The summed E-state index contributed by atoms with van der Waals surface area (Å²) < 4.78 is 5.70. The monoisotopic (exact) mass is 285 g/mol. The van der Waals surface area contributed by atoms with Crippen molar-refractivity contribution in [3.63, 3.8) is 0 Å². The van der Waals surface area contributed by atoms with Crippen LogP contribution in [-0.2, 0) is 4.79 Å². The van der Waals surface area contributed by atoms with Crippen molar-refractivity contribution in [2.24, 2.45) is 0 Å². The number of aliphatic hydroxyl groups is 1. The van der Waals surface area contributed by atoms with Crippen molar-refractivity contribution in [3.05, 3.63) is 29.3 Å². The number of amides is 1. The maximum absolute atomic E-state index is 12.3. The van der Waals surface area contributed by atoms with Crippen LogP contribution < -0.4 is 4.74 Å². The molecule has 0 aliphatic rings. The quantitative estimate of drug-likeness (QED) is 0.903. The summed E-state index contributed by atoms with van der Waals surface area (Å²) in [4.78, 5) is 13.8. The zero-order chi connectivity index (χ0) is 14.6.